The lowest BCUT2D eigenvalue weighted by Gasteiger charge is -1.91. The molecule has 0 N–H and O–H groups in total. The van der Waals surface area contributed by atoms with Gasteiger partial charge in [-0.3, -0.25) is 0 Å². The minimum atomic E-state index is 0.697. The smallest absolute Gasteiger partial charge is 0.208 e. The Labute approximate surface area is 48.9 Å². The van der Waals surface area contributed by atoms with Gasteiger partial charge in [-0.05, 0) is 19.1 Å². The van der Waals surface area contributed by atoms with Crippen molar-refractivity contribution in [2.75, 3.05) is 7.11 Å². The predicted molar refractivity (Wildman–Crippen MR) is 32.5 cm³/mol. The number of hydrogen-bond acceptors (Lipinski definition) is 2. The zero-order valence-electron chi connectivity index (χ0n) is 5.01. The molecule has 0 aliphatic carbocycles. The molecular formula is C6H8NO. The molecular weight excluding hydrogens is 102 g/mol. The van der Waals surface area contributed by atoms with E-state index in [-0.39, 0.29) is 0 Å². The van der Waals surface area contributed by atoms with Crippen molar-refractivity contribution >= 4 is 5.90 Å². The van der Waals surface area contributed by atoms with Crippen LogP contribution in [0, 0.1) is 6.04 Å². The molecule has 2 nitrogen and oxygen atoms in total. The van der Waals surface area contributed by atoms with Gasteiger partial charge in [0.2, 0.25) is 5.90 Å². The van der Waals surface area contributed by atoms with Crippen molar-refractivity contribution in [3.05, 3.63) is 18.2 Å². The first-order valence-electron chi connectivity index (χ1n) is 2.47. The first-order chi connectivity index (χ1) is 3.83. The summed E-state index contributed by atoms with van der Waals surface area (Å²) in [6.45, 7) is 1.93. The first kappa shape index (κ1) is 5.35. The second-order valence-electron chi connectivity index (χ2n) is 1.63. The van der Waals surface area contributed by atoms with Crippen molar-refractivity contribution in [1.82, 2.24) is 0 Å². The van der Waals surface area contributed by atoms with E-state index in [9.17, 15) is 0 Å². The Morgan fingerprint density at radius 2 is 2.25 bits per heavy atom. The summed E-state index contributed by atoms with van der Waals surface area (Å²) in [6.07, 6.45) is 3.76. The molecule has 0 amide bonds. The average Bonchev–Trinajstić information content (AvgIpc) is 2.14. The molecule has 0 saturated carbocycles. The molecule has 0 bridgehead atoms. The maximum absolute atomic E-state index is 4.82. The summed E-state index contributed by atoms with van der Waals surface area (Å²) in [5, 5.41) is 0. The van der Waals surface area contributed by atoms with E-state index in [4.69, 9.17) is 4.74 Å². The van der Waals surface area contributed by atoms with Crippen LogP contribution in [0.2, 0.25) is 0 Å². The maximum Gasteiger partial charge on any atom is 0.208 e. The van der Waals surface area contributed by atoms with Crippen LogP contribution in [0.15, 0.2) is 17.1 Å². The zero-order chi connectivity index (χ0) is 5.98. The molecule has 0 spiro atoms. The van der Waals surface area contributed by atoms with Gasteiger partial charge in [-0.15, -0.1) is 0 Å². The minimum Gasteiger partial charge on any atom is -0.481 e. The van der Waals surface area contributed by atoms with Gasteiger partial charge < -0.3 is 4.74 Å². The summed E-state index contributed by atoms with van der Waals surface area (Å²) in [5.74, 6) is 0.697. The van der Waals surface area contributed by atoms with E-state index >= 15 is 0 Å². The topological polar surface area (TPSA) is 21.6 Å². The summed E-state index contributed by atoms with van der Waals surface area (Å²) in [6, 6.07) is 1.00. The van der Waals surface area contributed by atoms with Gasteiger partial charge in [-0.2, -0.15) is 0 Å². The maximum atomic E-state index is 4.82. The van der Waals surface area contributed by atoms with Crippen molar-refractivity contribution in [1.29, 1.82) is 0 Å². The monoisotopic (exact) mass is 110 g/mol. The van der Waals surface area contributed by atoms with Crippen molar-refractivity contribution in [2.45, 2.75) is 6.92 Å². The fourth-order valence-electron chi connectivity index (χ4n) is 0.554. The Hall–Kier alpha value is -0.790. The van der Waals surface area contributed by atoms with E-state index in [2.05, 4.69) is 4.99 Å². The number of hydrogen-bond donors (Lipinski definition) is 0. The highest BCUT2D eigenvalue weighted by atomic mass is 16.5. The summed E-state index contributed by atoms with van der Waals surface area (Å²) in [7, 11) is 1.61. The molecule has 0 unspecified atom stereocenters. The summed E-state index contributed by atoms with van der Waals surface area (Å²) in [4.78, 5) is 4.01. The number of methoxy groups -OCH3 is 1. The quantitative estimate of drug-likeness (QED) is 0.458. The number of aliphatic imine (C=N–C) groups is 1. The van der Waals surface area contributed by atoms with Crippen LogP contribution in [0.5, 0.6) is 0 Å². The standard InChI is InChI=1S/C6H8NO/c1-5-3-4-6(7-5)8-2/h3-4H,1-2H3. The van der Waals surface area contributed by atoms with Crippen molar-refractivity contribution in [3.63, 3.8) is 0 Å². The highest BCUT2D eigenvalue weighted by Crippen LogP contribution is 2.09. The van der Waals surface area contributed by atoms with Gasteiger partial charge in [0.05, 0.1) is 7.11 Å². The first-order valence-corrected chi connectivity index (χ1v) is 2.47. The van der Waals surface area contributed by atoms with Crippen molar-refractivity contribution < 1.29 is 4.74 Å². The fourth-order valence-corrected chi connectivity index (χ4v) is 0.554. The molecule has 8 heavy (non-hydrogen) atoms. The van der Waals surface area contributed by atoms with Gasteiger partial charge in [0.15, 0.2) is 0 Å². The van der Waals surface area contributed by atoms with Crippen molar-refractivity contribution in [3.8, 4) is 0 Å². The SMILES string of the molecule is COC1=N[C](C)C=C1. The third-order valence-corrected chi connectivity index (χ3v) is 0.963. The average molecular weight is 110 g/mol. The zero-order valence-corrected chi connectivity index (χ0v) is 5.01. The molecule has 2 heteroatoms. The van der Waals surface area contributed by atoms with Gasteiger partial charge in [-0.1, -0.05) is 0 Å². The second-order valence-corrected chi connectivity index (χ2v) is 1.63. The Kier molecular flexibility index (Phi) is 1.33. The lowest BCUT2D eigenvalue weighted by Crippen LogP contribution is -1.91. The Balaban J connectivity index is 2.58. The van der Waals surface area contributed by atoms with E-state index in [1.807, 2.05) is 19.1 Å². The molecule has 0 aromatic heterocycles. The third-order valence-electron chi connectivity index (χ3n) is 0.963. The third kappa shape index (κ3) is 0.886. The lowest BCUT2D eigenvalue weighted by molar-refractivity contribution is 0.407. The van der Waals surface area contributed by atoms with Gasteiger partial charge in [0.1, 0.15) is 6.04 Å². The van der Waals surface area contributed by atoms with E-state index in [0.717, 1.165) is 6.04 Å². The van der Waals surface area contributed by atoms with Crippen LogP contribution in [0.3, 0.4) is 0 Å². The molecule has 1 aliphatic heterocycles. The predicted octanol–water partition coefficient (Wildman–Crippen LogP) is 1.15. The van der Waals surface area contributed by atoms with E-state index in [0.29, 0.717) is 5.90 Å². The second kappa shape index (κ2) is 1.99. The van der Waals surface area contributed by atoms with Gasteiger partial charge >= 0.3 is 0 Å². The van der Waals surface area contributed by atoms with E-state index in [1.54, 1.807) is 7.11 Å². The molecule has 0 fully saturated rings. The van der Waals surface area contributed by atoms with Gasteiger partial charge in [0, 0.05) is 0 Å². The van der Waals surface area contributed by atoms with Crippen LogP contribution in [-0.2, 0) is 4.74 Å². The normalized spacial score (nSPS) is 19.0. The molecule has 1 aliphatic rings. The Morgan fingerprint density at radius 1 is 1.50 bits per heavy atom. The molecule has 1 radical (unpaired) electrons. The van der Waals surface area contributed by atoms with Gasteiger partial charge in [-0.25, -0.2) is 4.99 Å². The minimum absolute atomic E-state index is 0.697. The fraction of sp³-hybridized carbons (Fsp3) is 0.333. The highest BCUT2D eigenvalue weighted by Gasteiger charge is 2.04. The highest BCUT2D eigenvalue weighted by molar-refractivity contribution is 5.90. The van der Waals surface area contributed by atoms with Crippen LogP contribution in [-0.4, -0.2) is 13.0 Å². The summed E-state index contributed by atoms with van der Waals surface area (Å²) >= 11 is 0. The molecule has 43 valence electrons. The largest absolute Gasteiger partial charge is 0.481 e. The van der Waals surface area contributed by atoms with Crippen LogP contribution in [0.4, 0.5) is 0 Å². The van der Waals surface area contributed by atoms with Crippen LogP contribution < -0.4 is 0 Å². The van der Waals surface area contributed by atoms with E-state index in [1.165, 1.54) is 0 Å². The lowest BCUT2D eigenvalue weighted by atomic mass is 10.4. The Bertz CT molecular complexity index is 137. The van der Waals surface area contributed by atoms with E-state index < -0.39 is 0 Å². The van der Waals surface area contributed by atoms with Crippen molar-refractivity contribution in [2.24, 2.45) is 4.99 Å². The molecule has 1 heterocycles. The van der Waals surface area contributed by atoms with Crippen LogP contribution in [0.25, 0.3) is 0 Å². The van der Waals surface area contributed by atoms with Crippen LogP contribution >= 0.6 is 0 Å². The molecule has 0 aromatic carbocycles. The number of rotatable bonds is 0. The van der Waals surface area contributed by atoms with Crippen LogP contribution in [0.1, 0.15) is 6.92 Å². The molecule has 0 atom stereocenters. The molecule has 1 rings (SSSR count). The Morgan fingerprint density at radius 3 is 2.50 bits per heavy atom. The summed E-state index contributed by atoms with van der Waals surface area (Å²) in [5.41, 5.74) is 0. The molecule has 0 saturated heterocycles. The summed E-state index contributed by atoms with van der Waals surface area (Å²) < 4.78 is 4.82. The van der Waals surface area contributed by atoms with Gasteiger partial charge in [0.25, 0.3) is 0 Å². The number of ether oxygens (including phenoxy) is 1. The number of nitrogens with zero attached hydrogens (tertiary/aromatic N) is 1. The molecule has 0 aromatic rings.